The second kappa shape index (κ2) is 14.9. The summed E-state index contributed by atoms with van der Waals surface area (Å²) in [5.41, 5.74) is 2.75. The lowest BCUT2D eigenvalue weighted by Gasteiger charge is -2.36. The van der Waals surface area contributed by atoms with Crippen LogP contribution in [0.2, 0.25) is 0 Å². The van der Waals surface area contributed by atoms with Gasteiger partial charge in [0.1, 0.15) is 29.3 Å². The number of piperidine rings is 2. The number of anilines is 1. The quantitative estimate of drug-likeness (QED) is 0.189. The van der Waals surface area contributed by atoms with Crippen molar-refractivity contribution in [1.82, 2.24) is 44.9 Å². The van der Waals surface area contributed by atoms with Gasteiger partial charge in [-0.1, -0.05) is 12.1 Å². The smallest absolute Gasteiger partial charge is 0.270 e. The van der Waals surface area contributed by atoms with Gasteiger partial charge in [-0.2, -0.15) is 0 Å². The van der Waals surface area contributed by atoms with E-state index in [1.165, 1.54) is 18.5 Å². The van der Waals surface area contributed by atoms with Crippen LogP contribution in [0.25, 0.3) is 11.2 Å². The van der Waals surface area contributed by atoms with Gasteiger partial charge in [-0.15, -0.1) is 0 Å². The Kier molecular flexibility index (Phi) is 9.67. The minimum absolute atomic E-state index is 0.0122. The molecule has 0 bridgehead atoms. The lowest BCUT2D eigenvalue weighted by Crippen LogP contribution is -2.54. The Balaban J connectivity index is 0.788. The molecule has 3 fully saturated rings. The van der Waals surface area contributed by atoms with Crippen LogP contribution in [0, 0.1) is 12.8 Å². The molecule has 8 rings (SSSR count). The van der Waals surface area contributed by atoms with Crippen LogP contribution in [0.4, 0.5) is 5.82 Å². The second-order valence-corrected chi connectivity index (χ2v) is 14.5. The van der Waals surface area contributed by atoms with Crippen molar-refractivity contribution in [2.75, 3.05) is 31.6 Å². The molecule has 6 heterocycles. The maximum absolute atomic E-state index is 13.3. The van der Waals surface area contributed by atoms with E-state index in [-0.39, 0.29) is 60.2 Å². The molecule has 1 aromatic carbocycles. The molecule has 0 unspecified atom stereocenters. The number of rotatable bonds is 11. The van der Waals surface area contributed by atoms with Crippen LogP contribution in [0.5, 0.6) is 5.75 Å². The van der Waals surface area contributed by atoms with Gasteiger partial charge in [0.15, 0.2) is 18.1 Å². The average Bonchev–Trinajstić information content (AvgIpc) is 3.70. The molecule has 284 valence electrons. The number of carbonyl (C=O) groups is 6. The maximum atomic E-state index is 13.3. The summed E-state index contributed by atoms with van der Waals surface area (Å²) >= 11 is 0. The van der Waals surface area contributed by atoms with Gasteiger partial charge in [-0.05, 0) is 75.6 Å². The van der Waals surface area contributed by atoms with Gasteiger partial charge in [0.2, 0.25) is 11.8 Å². The van der Waals surface area contributed by atoms with Crippen molar-refractivity contribution in [2.24, 2.45) is 5.92 Å². The first-order valence-electron chi connectivity index (χ1n) is 18.6. The third-order valence-electron chi connectivity index (χ3n) is 10.9. The van der Waals surface area contributed by atoms with Gasteiger partial charge in [-0.3, -0.25) is 39.0 Å². The van der Waals surface area contributed by atoms with E-state index >= 15 is 0 Å². The maximum Gasteiger partial charge on any atom is 0.270 e. The van der Waals surface area contributed by atoms with E-state index < -0.39 is 29.7 Å². The first kappa shape index (κ1) is 35.8. The zero-order valence-electron chi connectivity index (χ0n) is 30.2. The normalized spacial score (nSPS) is 21.3. The molecule has 4 aliphatic rings. The summed E-state index contributed by atoms with van der Waals surface area (Å²) < 4.78 is 7.86. The zero-order chi connectivity index (χ0) is 38.2. The van der Waals surface area contributed by atoms with Crippen molar-refractivity contribution in [2.45, 2.75) is 70.0 Å². The predicted octanol–water partition coefficient (Wildman–Crippen LogP) is 2.18. The first-order valence-corrected chi connectivity index (χ1v) is 18.6. The van der Waals surface area contributed by atoms with Gasteiger partial charge in [0.05, 0.1) is 17.5 Å². The average molecular weight is 749 g/mol. The van der Waals surface area contributed by atoms with E-state index in [4.69, 9.17) is 4.74 Å². The van der Waals surface area contributed by atoms with E-state index in [9.17, 15) is 28.8 Å². The summed E-state index contributed by atoms with van der Waals surface area (Å²) in [4.78, 5) is 96.7. The van der Waals surface area contributed by atoms with Crippen LogP contribution in [-0.4, -0.2) is 108 Å². The number of aromatic nitrogens is 5. The number of benzene rings is 1. The number of carbonyl (C=O) groups excluding carboxylic acids is 6. The summed E-state index contributed by atoms with van der Waals surface area (Å²) in [7, 11) is 0. The number of aryl methyl sites for hydroxylation is 1. The highest BCUT2D eigenvalue weighted by atomic mass is 16.5. The second-order valence-electron chi connectivity index (χ2n) is 14.5. The Morgan fingerprint density at radius 3 is 2.55 bits per heavy atom. The fourth-order valence-electron chi connectivity index (χ4n) is 7.81. The number of ether oxygens (including phenoxy) is 1. The number of amides is 6. The molecule has 3 aliphatic heterocycles. The molecule has 4 aromatic rings. The molecule has 6 amide bonds. The molecule has 17 heteroatoms. The number of fused-ring (bicyclic) bond motifs is 2. The summed E-state index contributed by atoms with van der Waals surface area (Å²) in [6, 6.07) is 9.09. The third-order valence-corrected chi connectivity index (χ3v) is 10.9. The predicted molar refractivity (Wildman–Crippen MR) is 195 cm³/mol. The Morgan fingerprint density at radius 2 is 1.76 bits per heavy atom. The van der Waals surface area contributed by atoms with Crippen molar-refractivity contribution in [3.05, 3.63) is 71.6 Å². The summed E-state index contributed by atoms with van der Waals surface area (Å²) in [5.74, 6) is -1.71. The highest BCUT2D eigenvalue weighted by Crippen LogP contribution is 2.36. The standard InChI is InChI=1S/C38H40N10O7/c1-21-4-2-6-26(43-21)35(51)44-23-16-24(17-23)47-20-42-32-33(40-19-41-34(32)47)39-13-10-22-11-14-46(15-12-22)30(50)18-55-28-7-3-5-25-31(28)38(54)48(37(25)53)27-8-9-29(49)45-36(27)52/h2-7,19-20,22-24,27H,8-18H2,1H3,(H,44,51)(H,39,40,41)(H,45,49,52)/t23?,24?,27-/m0/s1. The SMILES string of the molecule is Cc1cccc(C(=O)NC2CC(n3cnc4c(NCCC5CCN(C(=O)COc6cccc7c6C(=O)N([C@H]6CCC(=O)NC6=O)C7=O)CC5)ncnc43)C2)n1. The van der Waals surface area contributed by atoms with Crippen LogP contribution < -0.4 is 20.7 Å². The third kappa shape index (κ3) is 7.08. The Labute approximate surface area is 315 Å². The van der Waals surface area contributed by atoms with Gasteiger partial charge < -0.3 is 24.8 Å². The molecule has 1 saturated carbocycles. The molecule has 55 heavy (non-hydrogen) atoms. The van der Waals surface area contributed by atoms with Crippen LogP contribution in [-0.2, 0) is 14.4 Å². The number of nitrogens with one attached hydrogen (secondary N) is 3. The molecule has 1 atom stereocenters. The first-order chi connectivity index (χ1) is 26.6. The topological polar surface area (TPSA) is 211 Å². The van der Waals surface area contributed by atoms with Crippen molar-refractivity contribution in [3.8, 4) is 5.75 Å². The van der Waals surface area contributed by atoms with Crippen molar-refractivity contribution in [1.29, 1.82) is 0 Å². The lowest BCUT2D eigenvalue weighted by molar-refractivity contribution is -0.136. The zero-order valence-corrected chi connectivity index (χ0v) is 30.2. The Morgan fingerprint density at radius 1 is 0.964 bits per heavy atom. The summed E-state index contributed by atoms with van der Waals surface area (Å²) in [5, 5.41) is 8.68. The summed E-state index contributed by atoms with van der Waals surface area (Å²) in [6.45, 7) is 3.35. The lowest BCUT2D eigenvalue weighted by atomic mass is 9.86. The van der Waals surface area contributed by atoms with Gasteiger partial charge in [-0.25, -0.2) is 19.9 Å². The van der Waals surface area contributed by atoms with Crippen LogP contribution in [0.15, 0.2) is 49.1 Å². The van der Waals surface area contributed by atoms with Crippen molar-refractivity contribution in [3.63, 3.8) is 0 Å². The largest absolute Gasteiger partial charge is 0.483 e. The number of hydrogen-bond acceptors (Lipinski definition) is 12. The number of hydrogen-bond donors (Lipinski definition) is 3. The molecular weight excluding hydrogens is 708 g/mol. The number of imidazole rings is 1. The molecule has 0 radical (unpaired) electrons. The minimum Gasteiger partial charge on any atom is -0.483 e. The van der Waals surface area contributed by atoms with Crippen LogP contribution in [0.3, 0.4) is 0 Å². The summed E-state index contributed by atoms with van der Waals surface area (Å²) in [6.07, 6.45) is 7.42. The fraction of sp³-hybridized carbons (Fsp3) is 0.421. The van der Waals surface area contributed by atoms with Crippen LogP contribution in [0.1, 0.15) is 87.9 Å². The molecular formula is C38H40N10O7. The fourth-order valence-corrected chi connectivity index (χ4v) is 7.81. The Bertz CT molecular complexity index is 2210. The van der Waals surface area contributed by atoms with E-state index in [0.717, 1.165) is 48.3 Å². The molecule has 1 aliphatic carbocycles. The van der Waals surface area contributed by atoms with Crippen molar-refractivity contribution >= 4 is 52.4 Å². The molecule has 2 saturated heterocycles. The highest BCUT2D eigenvalue weighted by Gasteiger charge is 2.46. The molecule has 0 spiro atoms. The van der Waals surface area contributed by atoms with E-state index in [1.807, 2.05) is 23.6 Å². The molecule has 3 aromatic heterocycles. The highest BCUT2D eigenvalue weighted by molar-refractivity contribution is 6.24. The van der Waals surface area contributed by atoms with E-state index in [2.05, 4.69) is 35.9 Å². The molecule has 3 N–H and O–H groups in total. The van der Waals surface area contributed by atoms with Gasteiger partial charge in [0, 0.05) is 43.8 Å². The van der Waals surface area contributed by atoms with E-state index in [0.29, 0.717) is 42.6 Å². The number of imide groups is 2. The Hall–Kier alpha value is -6.26. The number of nitrogens with zero attached hydrogens (tertiary/aromatic N) is 7. The number of pyridine rings is 1. The van der Waals surface area contributed by atoms with Gasteiger partial charge >= 0.3 is 0 Å². The van der Waals surface area contributed by atoms with Crippen LogP contribution >= 0.6 is 0 Å². The van der Waals surface area contributed by atoms with E-state index in [1.54, 1.807) is 23.4 Å². The monoisotopic (exact) mass is 748 g/mol. The number of likely N-dealkylation sites (tertiary alicyclic amines) is 1. The van der Waals surface area contributed by atoms with Gasteiger partial charge in [0.25, 0.3) is 23.6 Å². The molecule has 17 nitrogen and oxygen atoms in total. The van der Waals surface area contributed by atoms with Crippen molar-refractivity contribution < 1.29 is 33.5 Å². The minimum atomic E-state index is -1.09.